The van der Waals surface area contributed by atoms with Gasteiger partial charge in [0.25, 0.3) is 0 Å². The van der Waals surface area contributed by atoms with E-state index in [-0.39, 0.29) is 11.2 Å². The smallest absolute Gasteiger partial charge is 0.216 e. The van der Waals surface area contributed by atoms with E-state index in [2.05, 4.69) is 20.8 Å². The summed E-state index contributed by atoms with van der Waals surface area (Å²) in [6.07, 6.45) is 10.9. The van der Waals surface area contributed by atoms with Crippen molar-refractivity contribution in [3.05, 3.63) is 46.1 Å². The van der Waals surface area contributed by atoms with Gasteiger partial charge in [-0.2, -0.15) is 0 Å². The third-order valence-electron chi connectivity index (χ3n) is 6.60. The van der Waals surface area contributed by atoms with Crippen molar-refractivity contribution >= 4 is 5.78 Å². The third-order valence-corrected chi connectivity index (χ3v) is 6.60. The molecule has 0 amide bonds. The Morgan fingerprint density at radius 1 is 1.28 bits per heavy atom. The molecule has 3 nitrogen and oxygen atoms in total. The zero-order chi connectivity index (χ0) is 17.8. The second-order valence-electron chi connectivity index (χ2n) is 8.49. The molecule has 0 unspecified atom stereocenters. The van der Waals surface area contributed by atoms with Gasteiger partial charge in [-0.1, -0.05) is 26.3 Å². The van der Waals surface area contributed by atoms with Crippen molar-refractivity contribution in [1.82, 2.24) is 0 Å². The van der Waals surface area contributed by atoms with Crippen molar-refractivity contribution in [3.8, 4) is 0 Å². The first kappa shape index (κ1) is 17.0. The summed E-state index contributed by atoms with van der Waals surface area (Å²) >= 11 is 0. The SMILES string of the molecule is CO[C@]12C=CC(=O)C=C1C1=C(CO2)[C@H](C)CCC2=C1CCCC2(C)C. The van der Waals surface area contributed by atoms with Gasteiger partial charge in [0.2, 0.25) is 5.79 Å². The predicted molar refractivity (Wildman–Crippen MR) is 98.0 cm³/mol. The number of rotatable bonds is 1. The maximum absolute atomic E-state index is 12.2. The first-order valence-corrected chi connectivity index (χ1v) is 9.49. The lowest BCUT2D eigenvalue weighted by molar-refractivity contribution is -0.161. The zero-order valence-corrected chi connectivity index (χ0v) is 15.8. The monoisotopic (exact) mass is 340 g/mol. The van der Waals surface area contributed by atoms with E-state index in [1.165, 1.54) is 29.6 Å². The van der Waals surface area contributed by atoms with Gasteiger partial charge in [-0.3, -0.25) is 4.79 Å². The van der Waals surface area contributed by atoms with Gasteiger partial charge in [-0.05, 0) is 78.4 Å². The van der Waals surface area contributed by atoms with Crippen LogP contribution in [0, 0.1) is 11.3 Å². The summed E-state index contributed by atoms with van der Waals surface area (Å²) in [5.74, 6) is -0.418. The van der Waals surface area contributed by atoms with E-state index in [1.807, 2.05) is 0 Å². The molecule has 0 saturated heterocycles. The Labute approximate surface area is 150 Å². The normalized spacial score (nSPS) is 34.2. The minimum atomic E-state index is -0.906. The van der Waals surface area contributed by atoms with E-state index in [9.17, 15) is 4.79 Å². The molecule has 4 aliphatic rings. The van der Waals surface area contributed by atoms with Gasteiger partial charge < -0.3 is 9.47 Å². The van der Waals surface area contributed by atoms with Crippen molar-refractivity contribution in [1.29, 1.82) is 0 Å². The predicted octanol–water partition coefficient (Wildman–Crippen LogP) is 4.66. The number of carbonyl (C=O) groups is 1. The van der Waals surface area contributed by atoms with Crippen LogP contribution >= 0.6 is 0 Å². The molecule has 0 fully saturated rings. The topological polar surface area (TPSA) is 35.5 Å². The summed E-state index contributed by atoms with van der Waals surface area (Å²) in [6, 6.07) is 0. The van der Waals surface area contributed by atoms with Crippen LogP contribution in [0.25, 0.3) is 0 Å². The molecule has 3 aliphatic carbocycles. The first-order valence-electron chi connectivity index (χ1n) is 9.49. The molecule has 0 radical (unpaired) electrons. The third kappa shape index (κ3) is 2.51. The van der Waals surface area contributed by atoms with Crippen LogP contribution in [0.2, 0.25) is 0 Å². The average molecular weight is 340 g/mol. The number of carbonyl (C=O) groups excluding carboxylic acids is 1. The van der Waals surface area contributed by atoms with E-state index in [1.54, 1.807) is 30.9 Å². The average Bonchev–Trinajstić information content (AvgIpc) is 2.73. The molecule has 2 atom stereocenters. The number of hydrogen-bond acceptors (Lipinski definition) is 3. The maximum atomic E-state index is 12.2. The Hall–Kier alpha value is -1.45. The molecule has 0 N–H and O–H groups in total. The number of hydrogen-bond donors (Lipinski definition) is 0. The summed E-state index contributed by atoms with van der Waals surface area (Å²) in [4.78, 5) is 12.2. The number of allylic oxidation sites excluding steroid dienone is 4. The Balaban J connectivity index is 1.97. The molecular formula is C22H28O3. The van der Waals surface area contributed by atoms with Crippen molar-refractivity contribution in [2.75, 3.05) is 13.7 Å². The van der Waals surface area contributed by atoms with Crippen LogP contribution in [0.1, 0.15) is 52.9 Å². The molecule has 25 heavy (non-hydrogen) atoms. The van der Waals surface area contributed by atoms with E-state index in [4.69, 9.17) is 9.47 Å². The molecule has 0 aromatic rings. The zero-order valence-electron chi connectivity index (χ0n) is 15.8. The molecule has 4 rings (SSSR count). The number of ketones is 1. The highest BCUT2D eigenvalue weighted by molar-refractivity contribution is 6.02. The number of ether oxygens (including phenoxy) is 2. The van der Waals surface area contributed by atoms with Gasteiger partial charge in [0, 0.05) is 12.7 Å². The molecule has 1 heterocycles. The standard InChI is InChI=1S/C22H28O3/c1-14-7-8-18-16(6-5-10-21(18,2)3)20-17(14)13-25-22(24-4)11-9-15(23)12-19(20)22/h9,11-12,14H,5-8,10,13H2,1-4H3/t14-,22+/m1/s1. The van der Waals surface area contributed by atoms with Crippen molar-refractivity contribution < 1.29 is 14.3 Å². The second kappa shape index (κ2) is 5.78. The van der Waals surface area contributed by atoms with E-state index >= 15 is 0 Å². The molecule has 0 spiro atoms. The lowest BCUT2D eigenvalue weighted by Gasteiger charge is -2.43. The largest absolute Gasteiger partial charge is 0.346 e. The van der Waals surface area contributed by atoms with Crippen LogP contribution in [0.15, 0.2) is 46.1 Å². The molecule has 134 valence electrons. The highest BCUT2D eigenvalue weighted by Gasteiger charge is 2.46. The van der Waals surface area contributed by atoms with Gasteiger partial charge in [-0.25, -0.2) is 0 Å². The summed E-state index contributed by atoms with van der Waals surface area (Å²) in [5.41, 5.74) is 6.84. The van der Waals surface area contributed by atoms with Gasteiger partial charge >= 0.3 is 0 Å². The lowest BCUT2D eigenvalue weighted by Crippen LogP contribution is -2.43. The quantitative estimate of drug-likeness (QED) is 0.696. The number of methoxy groups -OCH3 is 1. The summed E-state index contributed by atoms with van der Waals surface area (Å²) in [6.45, 7) is 7.63. The van der Waals surface area contributed by atoms with Gasteiger partial charge in [0.1, 0.15) is 0 Å². The summed E-state index contributed by atoms with van der Waals surface area (Å²) in [7, 11) is 1.67. The molecular weight excluding hydrogens is 312 g/mol. The Morgan fingerprint density at radius 3 is 2.84 bits per heavy atom. The van der Waals surface area contributed by atoms with Crippen LogP contribution in [-0.2, 0) is 14.3 Å². The van der Waals surface area contributed by atoms with Gasteiger partial charge in [0.15, 0.2) is 5.78 Å². The Morgan fingerprint density at radius 2 is 2.08 bits per heavy atom. The molecule has 0 saturated carbocycles. The fourth-order valence-electron chi connectivity index (χ4n) is 5.07. The van der Waals surface area contributed by atoms with Crippen LogP contribution in [0.5, 0.6) is 0 Å². The van der Waals surface area contributed by atoms with Crippen molar-refractivity contribution in [2.24, 2.45) is 11.3 Å². The highest BCUT2D eigenvalue weighted by atomic mass is 16.7. The van der Waals surface area contributed by atoms with Crippen LogP contribution < -0.4 is 0 Å². The fourth-order valence-corrected chi connectivity index (χ4v) is 5.07. The molecule has 3 heteroatoms. The molecule has 0 bridgehead atoms. The van der Waals surface area contributed by atoms with Gasteiger partial charge in [0.05, 0.1) is 6.61 Å². The van der Waals surface area contributed by atoms with Crippen molar-refractivity contribution in [2.45, 2.75) is 58.7 Å². The summed E-state index contributed by atoms with van der Waals surface area (Å²) < 4.78 is 12.0. The molecule has 0 aromatic heterocycles. The van der Waals surface area contributed by atoms with Gasteiger partial charge in [-0.15, -0.1) is 0 Å². The lowest BCUT2D eigenvalue weighted by atomic mass is 9.68. The van der Waals surface area contributed by atoms with E-state index in [0.717, 1.165) is 24.8 Å². The minimum absolute atomic E-state index is 0.0224. The Bertz CT molecular complexity index is 747. The summed E-state index contributed by atoms with van der Waals surface area (Å²) in [5, 5.41) is 0. The molecule has 1 aliphatic heterocycles. The minimum Gasteiger partial charge on any atom is -0.346 e. The second-order valence-corrected chi connectivity index (χ2v) is 8.49. The highest BCUT2D eigenvalue weighted by Crippen LogP contribution is 2.53. The fraction of sp³-hybridized carbons (Fsp3) is 0.591. The van der Waals surface area contributed by atoms with Crippen LogP contribution in [-0.4, -0.2) is 25.3 Å². The Kier molecular flexibility index (Phi) is 3.93. The van der Waals surface area contributed by atoms with Crippen LogP contribution in [0.3, 0.4) is 0 Å². The molecule has 0 aromatic carbocycles. The maximum Gasteiger partial charge on any atom is 0.216 e. The first-order chi connectivity index (χ1) is 11.9. The van der Waals surface area contributed by atoms with E-state index < -0.39 is 5.79 Å². The van der Waals surface area contributed by atoms with Crippen molar-refractivity contribution in [3.63, 3.8) is 0 Å². The van der Waals surface area contributed by atoms with E-state index in [0.29, 0.717) is 12.5 Å². The number of fused-ring (bicyclic) bond motifs is 3. The van der Waals surface area contributed by atoms with Crippen LogP contribution in [0.4, 0.5) is 0 Å².